The second-order valence-electron chi connectivity index (χ2n) is 10.9. The van der Waals surface area contributed by atoms with Crippen LogP contribution >= 0.6 is 22.7 Å². The number of rotatable bonds is 4. The van der Waals surface area contributed by atoms with Gasteiger partial charge in [-0.1, -0.05) is 97.1 Å². The quantitative estimate of drug-likeness (QED) is 0.199. The van der Waals surface area contributed by atoms with Gasteiger partial charge in [0.05, 0.1) is 10.4 Å². The zero-order valence-corrected chi connectivity index (χ0v) is 24.8. The Labute approximate surface area is 257 Å². The van der Waals surface area contributed by atoms with E-state index in [1.54, 1.807) is 0 Å². The van der Waals surface area contributed by atoms with Crippen molar-refractivity contribution in [2.75, 3.05) is 4.90 Å². The van der Waals surface area contributed by atoms with Gasteiger partial charge in [-0.05, 0) is 76.5 Å². The Balaban J connectivity index is 1.18. The highest BCUT2D eigenvalue weighted by atomic mass is 32.1. The van der Waals surface area contributed by atoms with Crippen LogP contribution < -0.4 is 4.90 Å². The molecule has 2 aromatic heterocycles. The summed E-state index contributed by atoms with van der Waals surface area (Å²) in [5.74, 6) is 0. The average molecular weight is 584 g/mol. The van der Waals surface area contributed by atoms with E-state index in [-0.39, 0.29) is 0 Å². The second kappa shape index (κ2) is 9.81. The number of nitrogens with zero attached hydrogens (tertiary/aromatic N) is 1. The molecule has 0 radical (unpaired) electrons. The third-order valence-electron chi connectivity index (χ3n) is 8.46. The number of anilines is 3. The minimum absolute atomic E-state index is 1.15. The smallest absolute Gasteiger partial charge is 0.0640 e. The minimum Gasteiger partial charge on any atom is -0.309 e. The molecule has 0 aliphatic heterocycles. The highest BCUT2D eigenvalue weighted by Crippen LogP contribution is 2.45. The van der Waals surface area contributed by atoms with Gasteiger partial charge in [-0.3, -0.25) is 0 Å². The Morgan fingerprint density at radius 2 is 1.05 bits per heavy atom. The van der Waals surface area contributed by atoms with Crippen molar-refractivity contribution in [2.45, 2.75) is 0 Å². The fraction of sp³-hybridized carbons (Fsp3) is 0. The van der Waals surface area contributed by atoms with E-state index in [1.165, 1.54) is 67.9 Å². The van der Waals surface area contributed by atoms with Crippen molar-refractivity contribution in [3.63, 3.8) is 0 Å². The van der Waals surface area contributed by atoms with Crippen molar-refractivity contribution in [1.82, 2.24) is 0 Å². The molecule has 0 saturated heterocycles. The topological polar surface area (TPSA) is 3.24 Å². The molecule has 0 amide bonds. The van der Waals surface area contributed by atoms with Crippen LogP contribution in [0.3, 0.4) is 0 Å². The lowest BCUT2D eigenvalue weighted by Gasteiger charge is -2.26. The van der Waals surface area contributed by atoms with Crippen LogP contribution in [-0.2, 0) is 0 Å². The Morgan fingerprint density at radius 1 is 0.395 bits per heavy atom. The van der Waals surface area contributed by atoms with Crippen LogP contribution in [0.2, 0.25) is 0 Å². The molecule has 0 fully saturated rings. The van der Waals surface area contributed by atoms with Gasteiger partial charge in [0, 0.05) is 47.0 Å². The summed E-state index contributed by atoms with van der Waals surface area (Å²) in [6.45, 7) is 0. The van der Waals surface area contributed by atoms with Crippen LogP contribution in [0.1, 0.15) is 0 Å². The molecule has 9 aromatic rings. The molecule has 0 aliphatic carbocycles. The summed E-state index contributed by atoms with van der Waals surface area (Å²) in [7, 11) is 0. The summed E-state index contributed by atoms with van der Waals surface area (Å²) in [5, 5.41) is 7.93. The molecule has 0 bridgehead atoms. The van der Waals surface area contributed by atoms with Crippen LogP contribution in [0.5, 0.6) is 0 Å². The Hall–Kier alpha value is -4.96. The van der Waals surface area contributed by atoms with Crippen molar-refractivity contribution in [2.24, 2.45) is 0 Å². The van der Waals surface area contributed by atoms with E-state index in [1.807, 2.05) is 22.7 Å². The van der Waals surface area contributed by atoms with E-state index in [2.05, 4.69) is 157 Å². The molecule has 202 valence electrons. The molecule has 43 heavy (non-hydrogen) atoms. The molecule has 3 heteroatoms. The third kappa shape index (κ3) is 3.97. The van der Waals surface area contributed by atoms with Crippen molar-refractivity contribution in [3.8, 4) is 11.1 Å². The molecule has 7 aromatic carbocycles. The van der Waals surface area contributed by atoms with Crippen molar-refractivity contribution < 1.29 is 0 Å². The van der Waals surface area contributed by atoms with Gasteiger partial charge in [0.1, 0.15) is 0 Å². The molecule has 0 aliphatic rings. The fourth-order valence-electron chi connectivity index (χ4n) is 6.44. The number of benzene rings is 7. The predicted octanol–water partition coefficient (Wildman–Crippen LogP) is 12.7. The van der Waals surface area contributed by atoms with Crippen LogP contribution in [0.15, 0.2) is 152 Å². The summed E-state index contributed by atoms with van der Waals surface area (Å²) >= 11 is 3.74. The second-order valence-corrected chi connectivity index (χ2v) is 13.1. The lowest BCUT2D eigenvalue weighted by Crippen LogP contribution is -2.09. The number of hydrogen-bond acceptors (Lipinski definition) is 3. The zero-order chi connectivity index (χ0) is 28.3. The first kappa shape index (κ1) is 24.6. The largest absolute Gasteiger partial charge is 0.309 e. The van der Waals surface area contributed by atoms with E-state index in [0.717, 1.165) is 11.4 Å². The highest BCUT2D eigenvalue weighted by molar-refractivity contribution is 7.26. The molecule has 1 nitrogen and oxygen atoms in total. The first-order valence-electron chi connectivity index (χ1n) is 14.5. The molecule has 0 spiro atoms. The summed E-state index contributed by atoms with van der Waals surface area (Å²) in [5.41, 5.74) is 5.95. The molecule has 0 unspecified atom stereocenters. The molecule has 0 atom stereocenters. The van der Waals surface area contributed by atoms with Gasteiger partial charge in [0.15, 0.2) is 0 Å². The number of thiophene rings is 2. The van der Waals surface area contributed by atoms with Crippen LogP contribution in [0.25, 0.3) is 62.2 Å². The van der Waals surface area contributed by atoms with Crippen LogP contribution in [-0.4, -0.2) is 0 Å². The maximum atomic E-state index is 2.39. The lowest BCUT2D eigenvalue weighted by molar-refractivity contribution is 1.30. The average Bonchev–Trinajstić information content (AvgIpc) is 3.65. The Kier molecular flexibility index (Phi) is 5.62. The fourth-order valence-corrected chi connectivity index (χ4v) is 8.77. The summed E-state index contributed by atoms with van der Waals surface area (Å²) < 4.78 is 5.31. The molecule has 2 heterocycles. The number of hydrogen-bond donors (Lipinski definition) is 0. The molecular weight excluding hydrogens is 559 g/mol. The predicted molar refractivity (Wildman–Crippen MR) is 190 cm³/mol. The third-order valence-corrected chi connectivity index (χ3v) is 10.8. The van der Waals surface area contributed by atoms with Gasteiger partial charge in [-0.2, -0.15) is 0 Å². The summed E-state index contributed by atoms with van der Waals surface area (Å²) in [6, 6.07) is 55.3. The van der Waals surface area contributed by atoms with Gasteiger partial charge < -0.3 is 4.90 Å². The first-order chi connectivity index (χ1) is 21.3. The number of para-hydroxylation sites is 1. The Morgan fingerprint density at radius 3 is 1.88 bits per heavy atom. The van der Waals surface area contributed by atoms with E-state index in [4.69, 9.17) is 0 Å². The standard InChI is InChI=1S/C40H25NS2/c1-2-9-29(10-3-1)41(35-14-8-13-32-31-11-4-6-15-36(31)43-40(32)35)30-22-19-26(20-23-30)28-18-17-27-21-24-38-39(34(27)25-28)33-12-5-7-16-37(33)42-38/h1-25H. The van der Waals surface area contributed by atoms with E-state index in [9.17, 15) is 0 Å². The Bertz CT molecular complexity index is 2450. The van der Waals surface area contributed by atoms with Gasteiger partial charge in [0.25, 0.3) is 0 Å². The number of fused-ring (bicyclic) bond motifs is 8. The van der Waals surface area contributed by atoms with Crippen molar-refractivity contribution >= 4 is 90.9 Å². The van der Waals surface area contributed by atoms with Crippen LogP contribution in [0.4, 0.5) is 17.1 Å². The highest BCUT2D eigenvalue weighted by Gasteiger charge is 2.18. The SMILES string of the molecule is c1ccc(N(c2ccc(-c3ccc4ccc5sc6ccccc6c5c4c3)cc2)c2cccc3c2sc2ccccc23)cc1. The first-order valence-corrected chi connectivity index (χ1v) is 16.1. The van der Waals surface area contributed by atoms with Crippen molar-refractivity contribution in [3.05, 3.63) is 152 Å². The van der Waals surface area contributed by atoms with E-state index < -0.39 is 0 Å². The maximum absolute atomic E-state index is 2.39. The van der Waals surface area contributed by atoms with Gasteiger partial charge in [-0.15, -0.1) is 22.7 Å². The monoisotopic (exact) mass is 583 g/mol. The maximum Gasteiger partial charge on any atom is 0.0640 e. The molecule has 9 rings (SSSR count). The zero-order valence-electron chi connectivity index (χ0n) is 23.2. The molecule has 0 N–H and O–H groups in total. The minimum atomic E-state index is 1.15. The summed E-state index contributed by atoms with van der Waals surface area (Å²) in [6.07, 6.45) is 0. The van der Waals surface area contributed by atoms with Gasteiger partial charge >= 0.3 is 0 Å². The summed E-state index contributed by atoms with van der Waals surface area (Å²) in [4.78, 5) is 2.39. The van der Waals surface area contributed by atoms with Gasteiger partial charge in [0.2, 0.25) is 0 Å². The lowest BCUT2D eigenvalue weighted by atomic mass is 9.98. The van der Waals surface area contributed by atoms with E-state index in [0.29, 0.717) is 0 Å². The van der Waals surface area contributed by atoms with Crippen molar-refractivity contribution in [1.29, 1.82) is 0 Å². The van der Waals surface area contributed by atoms with Gasteiger partial charge in [-0.25, -0.2) is 0 Å². The van der Waals surface area contributed by atoms with E-state index >= 15 is 0 Å². The normalized spacial score (nSPS) is 11.7. The van der Waals surface area contributed by atoms with Crippen LogP contribution in [0, 0.1) is 0 Å². The molecular formula is C40H25NS2. The molecule has 0 saturated carbocycles.